The second-order valence-electron chi connectivity index (χ2n) is 9.57. The summed E-state index contributed by atoms with van der Waals surface area (Å²) in [7, 11) is 0. The molecule has 0 radical (unpaired) electrons. The monoisotopic (exact) mass is 454 g/mol. The first-order chi connectivity index (χ1) is 15.6. The lowest BCUT2D eigenvalue weighted by molar-refractivity contribution is -0.164. The van der Waals surface area contributed by atoms with Crippen LogP contribution in [0.1, 0.15) is 162 Å². The molecule has 0 aliphatic rings. The van der Waals surface area contributed by atoms with Crippen molar-refractivity contribution in [2.45, 2.75) is 168 Å². The summed E-state index contributed by atoms with van der Waals surface area (Å²) in [4.78, 5) is 23.2. The van der Waals surface area contributed by atoms with Crippen LogP contribution < -0.4 is 0 Å². The Balaban J connectivity index is 3.50. The average molecular weight is 455 g/mol. The maximum atomic E-state index is 11.9. The van der Waals surface area contributed by atoms with Crippen LogP contribution in [0.4, 0.5) is 0 Å². The van der Waals surface area contributed by atoms with Crippen molar-refractivity contribution in [1.29, 1.82) is 0 Å². The van der Waals surface area contributed by atoms with Gasteiger partial charge in [-0.05, 0) is 19.3 Å². The minimum atomic E-state index is -1.01. The highest BCUT2D eigenvalue weighted by molar-refractivity contribution is 5.77. The van der Waals surface area contributed by atoms with Crippen molar-refractivity contribution < 1.29 is 19.4 Å². The van der Waals surface area contributed by atoms with Crippen LogP contribution in [-0.4, -0.2) is 23.1 Å². The van der Waals surface area contributed by atoms with E-state index in [9.17, 15) is 14.7 Å². The van der Waals surface area contributed by atoms with Crippen LogP contribution in [0.5, 0.6) is 0 Å². The normalized spacial score (nSPS) is 12.1. The number of ether oxygens (including phenoxy) is 1. The van der Waals surface area contributed by atoms with Crippen LogP contribution in [0.25, 0.3) is 0 Å². The SMILES string of the molecule is CCCCCCCCCCCCCCCCCCC(OC(=O)CCCCCCC)C(=O)O. The van der Waals surface area contributed by atoms with Crippen LogP contribution in [0.15, 0.2) is 0 Å². The number of carbonyl (C=O) groups excluding carboxylic acids is 1. The Morgan fingerprint density at radius 2 is 0.906 bits per heavy atom. The summed E-state index contributed by atoms with van der Waals surface area (Å²) in [6.07, 6.45) is 25.8. The largest absolute Gasteiger partial charge is 0.479 e. The maximum Gasteiger partial charge on any atom is 0.345 e. The third-order valence-electron chi connectivity index (χ3n) is 6.35. The van der Waals surface area contributed by atoms with Gasteiger partial charge in [0.2, 0.25) is 0 Å². The quantitative estimate of drug-likeness (QED) is 0.110. The van der Waals surface area contributed by atoms with Gasteiger partial charge in [-0.15, -0.1) is 0 Å². The standard InChI is InChI=1S/C28H54O4/c1-3-5-7-9-10-11-12-13-14-15-16-17-18-19-21-22-24-26(28(30)31)32-27(29)25-23-20-8-6-4-2/h26H,3-25H2,1-2H3,(H,30,31). The van der Waals surface area contributed by atoms with Crippen LogP contribution in [0, 0.1) is 0 Å². The molecule has 0 saturated carbocycles. The number of carbonyl (C=O) groups is 2. The minimum Gasteiger partial charge on any atom is -0.479 e. The molecule has 1 unspecified atom stereocenters. The molecule has 4 nitrogen and oxygen atoms in total. The van der Waals surface area contributed by atoms with Gasteiger partial charge in [0.1, 0.15) is 0 Å². The highest BCUT2D eigenvalue weighted by Gasteiger charge is 2.21. The molecule has 0 saturated heterocycles. The number of carboxylic acids is 1. The smallest absolute Gasteiger partial charge is 0.345 e. The van der Waals surface area contributed by atoms with Gasteiger partial charge in [0, 0.05) is 6.42 Å². The number of hydrogen-bond acceptors (Lipinski definition) is 3. The molecule has 190 valence electrons. The van der Waals surface area contributed by atoms with E-state index in [0.717, 1.165) is 38.5 Å². The third-order valence-corrected chi connectivity index (χ3v) is 6.35. The number of unbranched alkanes of at least 4 members (excludes halogenated alkanes) is 19. The lowest BCUT2D eigenvalue weighted by Gasteiger charge is -2.13. The summed E-state index contributed by atoms with van der Waals surface area (Å²) in [6, 6.07) is 0. The van der Waals surface area contributed by atoms with Gasteiger partial charge in [0.05, 0.1) is 0 Å². The fourth-order valence-corrected chi connectivity index (χ4v) is 4.20. The molecule has 1 atom stereocenters. The van der Waals surface area contributed by atoms with Crippen molar-refractivity contribution in [3.8, 4) is 0 Å². The highest BCUT2D eigenvalue weighted by Crippen LogP contribution is 2.15. The van der Waals surface area contributed by atoms with Gasteiger partial charge in [-0.3, -0.25) is 4.79 Å². The van der Waals surface area contributed by atoms with Gasteiger partial charge < -0.3 is 9.84 Å². The van der Waals surface area contributed by atoms with E-state index in [1.807, 2.05) is 0 Å². The first kappa shape index (κ1) is 30.9. The van der Waals surface area contributed by atoms with Gasteiger partial charge in [-0.1, -0.05) is 136 Å². The second kappa shape index (κ2) is 24.6. The zero-order valence-corrected chi connectivity index (χ0v) is 21.5. The molecule has 0 aromatic carbocycles. The summed E-state index contributed by atoms with van der Waals surface area (Å²) in [5.41, 5.74) is 0. The number of hydrogen-bond donors (Lipinski definition) is 1. The zero-order valence-electron chi connectivity index (χ0n) is 21.5. The Hall–Kier alpha value is -1.06. The average Bonchev–Trinajstić information content (AvgIpc) is 2.77. The van der Waals surface area contributed by atoms with E-state index in [-0.39, 0.29) is 5.97 Å². The van der Waals surface area contributed by atoms with Gasteiger partial charge in [0.15, 0.2) is 6.10 Å². The third kappa shape index (κ3) is 22.1. The molecule has 0 spiro atoms. The molecule has 0 aliphatic carbocycles. The number of aliphatic carboxylic acids is 1. The predicted octanol–water partition coefficient (Wildman–Crippen LogP) is 8.99. The van der Waals surface area contributed by atoms with E-state index in [1.165, 1.54) is 96.3 Å². The van der Waals surface area contributed by atoms with E-state index in [4.69, 9.17) is 4.74 Å². The van der Waals surface area contributed by atoms with Crippen molar-refractivity contribution >= 4 is 11.9 Å². The maximum absolute atomic E-state index is 11.9. The molecular formula is C28H54O4. The molecule has 0 aromatic heterocycles. The minimum absolute atomic E-state index is 0.340. The fourth-order valence-electron chi connectivity index (χ4n) is 4.20. The van der Waals surface area contributed by atoms with Gasteiger partial charge in [-0.25, -0.2) is 4.79 Å². The summed E-state index contributed by atoms with van der Waals surface area (Å²) >= 11 is 0. The van der Waals surface area contributed by atoms with E-state index in [0.29, 0.717) is 12.8 Å². The van der Waals surface area contributed by atoms with E-state index < -0.39 is 12.1 Å². The second-order valence-corrected chi connectivity index (χ2v) is 9.57. The van der Waals surface area contributed by atoms with Crippen LogP contribution in [0.2, 0.25) is 0 Å². The summed E-state index contributed by atoms with van der Waals surface area (Å²) < 4.78 is 5.20. The first-order valence-corrected chi connectivity index (χ1v) is 14.0. The fraction of sp³-hybridized carbons (Fsp3) is 0.929. The van der Waals surface area contributed by atoms with Crippen molar-refractivity contribution in [2.24, 2.45) is 0 Å². The van der Waals surface area contributed by atoms with Crippen molar-refractivity contribution in [3.63, 3.8) is 0 Å². The summed E-state index contributed by atoms with van der Waals surface area (Å²) in [5, 5.41) is 9.31. The number of esters is 1. The first-order valence-electron chi connectivity index (χ1n) is 14.0. The number of rotatable bonds is 25. The molecule has 0 aliphatic heterocycles. The van der Waals surface area contributed by atoms with E-state index in [2.05, 4.69) is 13.8 Å². The van der Waals surface area contributed by atoms with E-state index in [1.54, 1.807) is 0 Å². The van der Waals surface area contributed by atoms with Crippen molar-refractivity contribution in [3.05, 3.63) is 0 Å². The zero-order chi connectivity index (χ0) is 23.7. The molecule has 4 heteroatoms. The lowest BCUT2D eigenvalue weighted by Crippen LogP contribution is -2.27. The van der Waals surface area contributed by atoms with Gasteiger partial charge in [-0.2, -0.15) is 0 Å². The van der Waals surface area contributed by atoms with Gasteiger partial charge >= 0.3 is 11.9 Å². The molecule has 32 heavy (non-hydrogen) atoms. The Morgan fingerprint density at radius 3 is 1.28 bits per heavy atom. The Bertz CT molecular complexity index is 422. The topological polar surface area (TPSA) is 63.6 Å². The summed E-state index contributed by atoms with van der Waals surface area (Å²) in [6.45, 7) is 4.43. The van der Waals surface area contributed by atoms with E-state index >= 15 is 0 Å². The van der Waals surface area contributed by atoms with Crippen molar-refractivity contribution in [1.82, 2.24) is 0 Å². The van der Waals surface area contributed by atoms with Crippen LogP contribution in [0.3, 0.4) is 0 Å². The van der Waals surface area contributed by atoms with Crippen LogP contribution >= 0.6 is 0 Å². The van der Waals surface area contributed by atoms with Crippen LogP contribution in [-0.2, 0) is 14.3 Å². The lowest BCUT2D eigenvalue weighted by atomic mass is 10.0. The molecule has 1 N–H and O–H groups in total. The summed E-state index contributed by atoms with van der Waals surface area (Å²) in [5.74, 6) is -1.37. The van der Waals surface area contributed by atoms with Gasteiger partial charge in [0.25, 0.3) is 0 Å². The molecule has 0 fully saturated rings. The molecule has 0 rings (SSSR count). The Kier molecular flexibility index (Phi) is 23.8. The van der Waals surface area contributed by atoms with Crippen molar-refractivity contribution in [2.75, 3.05) is 0 Å². The molecular weight excluding hydrogens is 400 g/mol. The molecule has 0 amide bonds. The Morgan fingerprint density at radius 1 is 0.562 bits per heavy atom. The molecule has 0 bridgehead atoms. The highest BCUT2D eigenvalue weighted by atomic mass is 16.6. The molecule has 0 aromatic rings. The predicted molar refractivity (Wildman–Crippen MR) is 135 cm³/mol. The number of carboxylic acid groups (broad SMARTS) is 1. The Labute approximate surface area is 199 Å². The molecule has 0 heterocycles.